The van der Waals surface area contributed by atoms with Crippen LogP contribution < -0.4 is 5.32 Å². The van der Waals surface area contributed by atoms with E-state index in [9.17, 15) is 4.79 Å². The maximum Gasteiger partial charge on any atom is 0.249 e. The van der Waals surface area contributed by atoms with E-state index in [1.54, 1.807) is 0 Å². The third-order valence-electron chi connectivity index (χ3n) is 2.42. The predicted molar refractivity (Wildman–Crippen MR) is 62.2 cm³/mol. The molecule has 0 saturated carbocycles. The number of ether oxygens (including phenoxy) is 2. The van der Waals surface area contributed by atoms with Gasteiger partial charge in [-0.2, -0.15) is 0 Å². The molecule has 0 aromatic carbocycles. The van der Waals surface area contributed by atoms with Crippen LogP contribution in [0.25, 0.3) is 0 Å². The van der Waals surface area contributed by atoms with Gasteiger partial charge in [-0.05, 0) is 26.7 Å². The molecule has 2 atom stereocenters. The molecule has 1 heterocycles. The Kier molecular flexibility index (Phi) is 5.49. The van der Waals surface area contributed by atoms with Crippen LogP contribution in [-0.4, -0.2) is 37.9 Å². The molecule has 4 heteroatoms. The van der Waals surface area contributed by atoms with Gasteiger partial charge in [0.15, 0.2) is 0 Å². The first-order valence-corrected chi connectivity index (χ1v) is 5.75. The number of hydrogen-bond donors (Lipinski definition) is 1. The molecule has 2 unspecified atom stereocenters. The van der Waals surface area contributed by atoms with Gasteiger partial charge in [0.2, 0.25) is 5.91 Å². The lowest BCUT2D eigenvalue weighted by molar-refractivity contribution is -0.131. The van der Waals surface area contributed by atoms with E-state index in [2.05, 4.69) is 11.9 Å². The molecule has 1 saturated heterocycles. The van der Waals surface area contributed by atoms with Crippen molar-refractivity contribution in [3.63, 3.8) is 0 Å². The third kappa shape index (κ3) is 4.77. The summed E-state index contributed by atoms with van der Waals surface area (Å²) in [5.41, 5.74) is 0.985. The third-order valence-corrected chi connectivity index (χ3v) is 2.42. The zero-order chi connectivity index (χ0) is 12.0. The minimum absolute atomic E-state index is 0.0247. The summed E-state index contributed by atoms with van der Waals surface area (Å²) in [7, 11) is 0. The first kappa shape index (κ1) is 13.2. The predicted octanol–water partition coefficient (Wildman–Crippen LogP) is 1.26. The fourth-order valence-electron chi connectivity index (χ4n) is 1.60. The number of rotatable bonds is 6. The first-order chi connectivity index (χ1) is 7.59. The highest BCUT2D eigenvalue weighted by Crippen LogP contribution is 2.18. The van der Waals surface area contributed by atoms with Crippen molar-refractivity contribution in [3.05, 3.63) is 12.2 Å². The summed E-state index contributed by atoms with van der Waals surface area (Å²) >= 11 is 0. The Balaban J connectivity index is 2.04. The van der Waals surface area contributed by atoms with Crippen molar-refractivity contribution in [2.45, 2.75) is 38.9 Å². The van der Waals surface area contributed by atoms with Gasteiger partial charge in [0, 0.05) is 6.54 Å². The first-order valence-electron chi connectivity index (χ1n) is 5.75. The van der Waals surface area contributed by atoms with Gasteiger partial charge in [-0.3, -0.25) is 4.79 Å². The van der Waals surface area contributed by atoms with Crippen LogP contribution in [0, 0.1) is 0 Å². The smallest absolute Gasteiger partial charge is 0.249 e. The number of hydrogen-bond acceptors (Lipinski definition) is 3. The molecule has 0 aliphatic carbocycles. The minimum atomic E-state index is -0.267. The second-order valence-electron chi connectivity index (χ2n) is 4.31. The van der Waals surface area contributed by atoms with E-state index in [1.807, 2.05) is 13.8 Å². The molecule has 4 nitrogen and oxygen atoms in total. The van der Waals surface area contributed by atoms with Crippen LogP contribution in [0.4, 0.5) is 0 Å². The van der Waals surface area contributed by atoms with Crippen molar-refractivity contribution in [1.82, 2.24) is 5.32 Å². The molecule has 1 aliphatic heterocycles. The van der Waals surface area contributed by atoms with Crippen LogP contribution in [0.15, 0.2) is 12.2 Å². The largest absolute Gasteiger partial charge is 0.375 e. The number of carbonyl (C=O) groups is 1. The minimum Gasteiger partial charge on any atom is -0.375 e. The number of nitrogens with one attached hydrogen (secondary N) is 1. The van der Waals surface area contributed by atoms with Gasteiger partial charge in [-0.15, -0.1) is 0 Å². The van der Waals surface area contributed by atoms with Gasteiger partial charge in [0.05, 0.1) is 19.3 Å². The fraction of sp³-hybridized carbons (Fsp3) is 0.750. The van der Waals surface area contributed by atoms with Crippen molar-refractivity contribution in [3.8, 4) is 0 Å². The maximum absolute atomic E-state index is 11.6. The highest BCUT2D eigenvalue weighted by atomic mass is 16.5. The highest BCUT2D eigenvalue weighted by molar-refractivity contribution is 5.80. The lowest BCUT2D eigenvalue weighted by atomic mass is 10.2. The zero-order valence-corrected chi connectivity index (χ0v) is 10.1. The Morgan fingerprint density at radius 3 is 2.88 bits per heavy atom. The van der Waals surface area contributed by atoms with Crippen LogP contribution in [0.3, 0.4) is 0 Å². The summed E-state index contributed by atoms with van der Waals surface area (Å²) < 4.78 is 10.7. The summed E-state index contributed by atoms with van der Waals surface area (Å²) in [6.45, 7) is 9.22. The van der Waals surface area contributed by atoms with Crippen LogP contribution >= 0.6 is 0 Å². The Morgan fingerprint density at radius 1 is 1.56 bits per heavy atom. The molecule has 0 aromatic heterocycles. The molecule has 1 N–H and O–H groups in total. The molecule has 1 fully saturated rings. The van der Waals surface area contributed by atoms with E-state index >= 15 is 0 Å². The molecule has 1 rings (SSSR count). The van der Waals surface area contributed by atoms with Crippen molar-refractivity contribution in [1.29, 1.82) is 0 Å². The second kappa shape index (κ2) is 6.66. The molecule has 16 heavy (non-hydrogen) atoms. The molecule has 1 aliphatic rings. The van der Waals surface area contributed by atoms with Crippen molar-refractivity contribution < 1.29 is 14.3 Å². The van der Waals surface area contributed by atoms with Gasteiger partial charge in [0.25, 0.3) is 0 Å². The molecular formula is C12H21NO3. The SMILES string of the molecule is C=C(C)COCCNC(=O)C1CCC(C)O1. The van der Waals surface area contributed by atoms with Crippen molar-refractivity contribution in [2.24, 2.45) is 0 Å². The Bertz CT molecular complexity index is 253. The summed E-state index contributed by atoms with van der Waals surface area (Å²) in [6.07, 6.45) is 1.72. The lowest BCUT2D eigenvalue weighted by Crippen LogP contribution is -2.36. The standard InChI is InChI=1S/C12H21NO3/c1-9(2)8-15-7-6-13-12(14)11-5-4-10(3)16-11/h10-11H,1,4-8H2,2-3H3,(H,13,14). The summed E-state index contributed by atoms with van der Waals surface area (Å²) in [5.74, 6) is -0.0247. The van der Waals surface area contributed by atoms with E-state index in [-0.39, 0.29) is 18.1 Å². The summed E-state index contributed by atoms with van der Waals surface area (Å²) in [6, 6.07) is 0. The van der Waals surface area contributed by atoms with E-state index in [1.165, 1.54) is 0 Å². The average molecular weight is 227 g/mol. The average Bonchev–Trinajstić information content (AvgIpc) is 2.63. The molecule has 0 aromatic rings. The molecule has 0 spiro atoms. The number of amides is 1. The van der Waals surface area contributed by atoms with Crippen LogP contribution in [0.1, 0.15) is 26.7 Å². The van der Waals surface area contributed by atoms with E-state index in [0.29, 0.717) is 19.8 Å². The number of carbonyl (C=O) groups excluding carboxylic acids is 1. The normalized spacial score (nSPS) is 24.4. The lowest BCUT2D eigenvalue weighted by Gasteiger charge is -2.11. The molecule has 0 radical (unpaired) electrons. The van der Waals surface area contributed by atoms with Crippen LogP contribution in [0.5, 0.6) is 0 Å². The molecule has 92 valence electrons. The van der Waals surface area contributed by atoms with E-state index in [4.69, 9.17) is 9.47 Å². The van der Waals surface area contributed by atoms with Crippen LogP contribution in [-0.2, 0) is 14.3 Å². The van der Waals surface area contributed by atoms with Crippen LogP contribution in [0.2, 0.25) is 0 Å². The Morgan fingerprint density at radius 2 is 2.31 bits per heavy atom. The second-order valence-corrected chi connectivity index (χ2v) is 4.31. The molecular weight excluding hydrogens is 206 g/mol. The van der Waals surface area contributed by atoms with Gasteiger partial charge >= 0.3 is 0 Å². The highest BCUT2D eigenvalue weighted by Gasteiger charge is 2.27. The van der Waals surface area contributed by atoms with E-state index in [0.717, 1.165) is 18.4 Å². The van der Waals surface area contributed by atoms with Crippen molar-refractivity contribution in [2.75, 3.05) is 19.8 Å². The molecule has 0 bridgehead atoms. The quantitative estimate of drug-likeness (QED) is 0.549. The zero-order valence-electron chi connectivity index (χ0n) is 10.1. The van der Waals surface area contributed by atoms with Gasteiger partial charge in [0.1, 0.15) is 6.10 Å². The Hall–Kier alpha value is -0.870. The monoisotopic (exact) mass is 227 g/mol. The fourth-order valence-corrected chi connectivity index (χ4v) is 1.60. The maximum atomic E-state index is 11.6. The van der Waals surface area contributed by atoms with Gasteiger partial charge in [-0.25, -0.2) is 0 Å². The Labute approximate surface area is 97.0 Å². The van der Waals surface area contributed by atoms with Gasteiger partial charge in [-0.1, -0.05) is 12.2 Å². The van der Waals surface area contributed by atoms with E-state index < -0.39 is 0 Å². The topological polar surface area (TPSA) is 47.6 Å². The summed E-state index contributed by atoms with van der Waals surface area (Å²) in [4.78, 5) is 11.6. The van der Waals surface area contributed by atoms with Gasteiger partial charge < -0.3 is 14.8 Å². The summed E-state index contributed by atoms with van der Waals surface area (Å²) in [5, 5.41) is 2.80. The van der Waals surface area contributed by atoms with Crippen molar-refractivity contribution >= 4 is 5.91 Å². The molecule has 1 amide bonds.